The molecule has 2 rings (SSSR count). The molecular weight excluding hydrogens is 323 g/mol. The van der Waals surface area contributed by atoms with E-state index in [1.54, 1.807) is 12.1 Å². The highest BCUT2D eigenvalue weighted by atomic mass is 35.5. The summed E-state index contributed by atoms with van der Waals surface area (Å²) in [5.74, 6) is 0.389. The van der Waals surface area contributed by atoms with E-state index in [4.69, 9.17) is 27.9 Å². The predicted octanol–water partition coefficient (Wildman–Crippen LogP) is 4.16. The van der Waals surface area contributed by atoms with Crippen molar-refractivity contribution in [3.05, 3.63) is 63.6 Å². The van der Waals surface area contributed by atoms with E-state index in [1.165, 1.54) is 12.3 Å². The number of hydrogen-bond donors (Lipinski definition) is 1. The van der Waals surface area contributed by atoms with Gasteiger partial charge in [0.1, 0.15) is 5.75 Å². The van der Waals surface area contributed by atoms with Gasteiger partial charge in [0.25, 0.3) is 5.91 Å². The Bertz CT molecular complexity index is 685. The number of benzene rings is 2. The Labute approximate surface area is 138 Å². The molecule has 0 aromatic heterocycles. The SMILES string of the molecule is CCOc1ccc(C=NNC(=O)c2ccc(Cl)cc2Cl)cc1. The van der Waals surface area contributed by atoms with Gasteiger partial charge in [-0.15, -0.1) is 0 Å². The number of rotatable bonds is 5. The van der Waals surface area contributed by atoms with E-state index in [2.05, 4.69) is 10.5 Å². The molecule has 1 amide bonds. The summed E-state index contributed by atoms with van der Waals surface area (Å²) in [6.07, 6.45) is 1.54. The Hall–Kier alpha value is -2.04. The van der Waals surface area contributed by atoms with E-state index < -0.39 is 5.91 Å². The molecule has 0 aliphatic carbocycles. The molecule has 0 heterocycles. The van der Waals surface area contributed by atoms with Crippen molar-refractivity contribution in [3.63, 3.8) is 0 Å². The van der Waals surface area contributed by atoms with Crippen LogP contribution in [0.25, 0.3) is 0 Å². The predicted molar refractivity (Wildman–Crippen MR) is 89.1 cm³/mol. The lowest BCUT2D eigenvalue weighted by Gasteiger charge is -2.03. The van der Waals surface area contributed by atoms with Gasteiger partial charge in [0.15, 0.2) is 0 Å². The molecule has 22 heavy (non-hydrogen) atoms. The molecule has 2 aromatic carbocycles. The Morgan fingerprint density at radius 2 is 1.95 bits per heavy atom. The van der Waals surface area contributed by atoms with Crippen molar-refractivity contribution in [1.82, 2.24) is 5.43 Å². The third-order valence-electron chi connectivity index (χ3n) is 2.75. The first kappa shape index (κ1) is 16.3. The van der Waals surface area contributed by atoms with Crippen LogP contribution in [0.3, 0.4) is 0 Å². The van der Waals surface area contributed by atoms with Crippen LogP contribution < -0.4 is 10.2 Å². The second-order valence-corrected chi connectivity index (χ2v) is 5.17. The number of halogens is 2. The van der Waals surface area contributed by atoms with Crippen molar-refractivity contribution < 1.29 is 9.53 Å². The monoisotopic (exact) mass is 336 g/mol. The van der Waals surface area contributed by atoms with Crippen molar-refractivity contribution in [2.24, 2.45) is 5.10 Å². The second kappa shape index (κ2) is 7.82. The van der Waals surface area contributed by atoms with Crippen molar-refractivity contribution in [3.8, 4) is 5.75 Å². The van der Waals surface area contributed by atoms with E-state index >= 15 is 0 Å². The molecular formula is C16H14Cl2N2O2. The fraction of sp³-hybridized carbons (Fsp3) is 0.125. The number of hydrazone groups is 1. The largest absolute Gasteiger partial charge is 0.494 e. The normalized spacial score (nSPS) is 10.7. The minimum Gasteiger partial charge on any atom is -0.494 e. The Morgan fingerprint density at radius 1 is 1.23 bits per heavy atom. The van der Waals surface area contributed by atoms with Gasteiger partial charge < -0.3 is 4.74 Å². The molecule has 0 spiro atoms. The van der Waals surface area contributed by atoms with E-state index in [-0.39, 0.29) is 5.02 Å². The molecule has 0 radical (unpaired) electrons. The fourth-order valence-electron chi connectivity index (χ4n) is 1.72. The minimum atomic E-state index is -0.399. The number of amides is 1. The van der Waals surface area contributed by atoms with Gasteiger partial charge in [-0.3, -0.25) is 4.79 Å². The van der Waals surface area contributed by atoms with Gasteiger partial charge in [-0.05, 0) is 55.0 Å². The third-order valence-corrected chi connectivity index (χ3v) is 3.29. The first-order valence-corrected chi connectivity index (χ1v) is 7.37. The summed E-state index contributed by atoms with van der Waals surface area (Å²) in [5, 5.41) is 4.65. The van der Waals surface area contributed by atoms with Crippen LogP contribution in [0.2, 0.25) is 10.0 Å². The molecule has 0 fully saturated rings. The van der Waals surface area contributed by atoms with Gasteiger partial charge in [-0.25, -0.2) is 5.43 Å². The van der Waals surface area contributed by atoms with Crippen molar-refractivity contribution in [1.29, 1.82) is 0 Å². The molecule has 0 aliphatic rings. The standard InChI is InChI=1S/C16H14Cl2N2O2/c1-2-22-13-6-3-11(4-7-13)10-19-20-16(21)14-8-5-12(17)9-15(14)18/h3-10H,2H2,1H3,(H,20,21). The average molecular weight is 337 g/mol. The molecule has 0 bridgehead atoms. The van der Waals surface area contributed by atoms with Crippen LogP contribution in [0.1, 0.15) is 22.8 Å². The highest BCUT2D eigenvalue weighted by Gasteiger charge is 2.09. The van der Waals surface area contributed by atoms with Crippen LogP contribution in [0.4, 0.5) is 0 Å². The van der Waals surface area contributed by atoms with E-state index in [0.717, 1.165) is 11.3 Å². The molecule has 0 saturated heterocycles. The molecule has 0 aliphatic heterocycles. The van der Waals surface area contributed by atoms with Gasteiger partial charge in [0.05, 0.1) is 23.4 Å². The van der Waals surface area contributed by atoms with E-state index in [9.17, 15) is 4.79 Å². The quantitative estimate of drug-likeness (QED) is 0.658. The summed E-state index contributed by atoms with van der Waals surface area (Å²) in [7, 11) is 0. The Kier molecular flexibility index (Phi) is 5.81. The number of carbonyl (C=O) groups is 1. The lowest BCUT2D eigenvalue weighted by molar-refractivity contribution is 0.0955. The van der Waals surface area contributed by atoms with Crippen molar-refractivity contribution >= 4 is 35.3 Å². The van der Waals surface area contributed by atoms with Crippen LogP contribution in [-0.2, 0) is 0 Å². The number of ether oxygens (including phenoxy) is 1. The summed E-state index contributed by atoms with van der Waals surface area (Å²) >= 11 is 11.7. The van der Waals surface area contributed by atoms with Gasteiger partial charge in [-0.1, -0.05) is 23.2 Å². The number of nitrogens with one attached hydrogen (secondary N) is 1. The molecule has 0 unspecified atom stereocenters. The first-order chi connectivity index (χ1) is 10.6. The van der Waals surface area contributed by atoms with Crippen LogP contribution in [0.15, 0.2) is 47.6 Å². The van der Waals surface area contributed by atoms with Crippen molar-refractivity contribution in [2.75, 3.05) is 6.61 Å². The molecule has 114 valence electrons. The number of nitrogens with zero attached hydrogens (tertiary/aromatic N) is 1. The lowest BCUT2D eigenvalue weighted by Crippen LogP contribution is -2.18. The van der Waals surface area contributed by atoms with Crippen LogP contribution in [0, 0.1) is 0 Å². The van der Waals surface area contributed by atoms with Gasteiger partial charge >= 0.3 is 0 Å². The summed E-state index contributed by atoms with van der Waals surface area (Å²) < 4.78 is 5.34. The zero-order valence-electron chi connectivity index (χ0n) is 11.8. The van der Waals surface area contributed by atoms with Crippen LogP contribution in [0.5, 0.6) is 5.75 Å². The average Bonchev–Trinajstić information content (AvgIpc) is 2.49. The van der Waals surface area contributed by atoms with Gasteiger partial charge in [-0.2, -0.15) is 5.10 Å². The minimum absolute atomic E-state index is 0.279. The van der Waals surface area contributed by atoms with Crippen LogP contribution in [-0.4, -0.2) is 18.7 Å². The molecule has 6 heteroatoms. The summed E-state index contributed by atoms with van der Waals surface area (Å²) in [4.78, 5) is 11.9. The van der Waals surface area contributed by atoms with E-state index in [1.807, 2.05) is 31.2 Å². The van der Waals surface area contributed by atoms with Gasteiger partial charge in [0, 0.05) is 5.02 Å². The Balaban J connectivity index is 1.98. The maximum atomic E-state index is 11.9. The second-order valence-electron chi connectivity index (χ2n) is 4.33. The van der Waals surface area contributed by atoms with Crippen molar-refractivity contribution in [2.45, 2.75) is 6.92 Å². The maximum Gasteiger partial charge on any atom is 0.272 e. The summed E-state index contributed by atoms with van der Waals surface area (Å²) in [6, 6.07) is 12.0. The third kappa shape index (κ3) is 4.48. The molecule has 0 saturated carbocycles. The molecule has 4 nitrogen and oxygen atoms in total. The Morgan fingerprint density at radius 3 is 2.59 bits per heavy atom. The van der Waals surface area contributed by atoms with Crippen LogP contribution >= 0.6 is 23.2 Å². The summed E-state index contributed by atoms with van der Waals surface area (Å²) in [5.41, 5.74) is 3.57. The smallest absolute Gasteiger partial charge is 0.272 e. The van der Waals surface area contributed by atoms with E-state index in [0.29, 0.717) is 17.2 Å². The first-order valence-electron chi connectivity index (χ1n) is 6.61. The highest BCUT2D eigenvalue weighted by molar-refractivity contribution is 6.36. The lowest BCUT2D eigenvalue weighted by atomic mass is 10.2. The topological polar surface area (TPSA) is 50.7 Å². The number of hydrogen-bond acceptors (Lipinski definition) is 3. The number of carbonyl (C=O) groups excluding carboxylic acids is 1. The zero-order valence-corrected chi connectivity index (χ0v) is 13.4. The highest BCUT2D eigenvalue weighted by Crippen LogP contribution is 2.20. The fourth-order valence-corrected chi connectivity index (χ4v) is 2.21. The summed E-state index contributed by atoms with van der Waals surface area (Å²) in [6.45, 7) is 2.54. The zero-order chi connectivity index (χ0) is 15.9. The van der Waals surface area contributed by atoms with Gasteiger partial charge in [0.2, 0.25) is 0 Å². The molecule has 2 aromatic rings. The molecule has 1 N–H and O–H groups in total. The molecule has 0 atom stereocenters. The maximum absolute atomic E-state index is 11.9.